The third-order valence-electron chi connectivity index (χ3n) is 9.36. The van der Waals surface area contributed by atoms with Crippen LogP contribution in [0, 0.1) is 22.7 Å². The summed E-state index contributed by atoms with van der Waals surface area (Å²) in [6.07, 6.45) is 17.6. The fourth-order valence-corrected chi connectivity index (χ4v) is 7.47. The fraction of sp³-hybridized carbons (Fsp3) is 0.419. The van der Waals surface area contributed by atoms with Gasteiger partial charge in [-0.05, 0) is 78.7 Å². The molecule has 1 heterocycles. The third-order valence-corrected chi connectivity index (χ3v) is 9.36. The number of hydrogen-bond acceptors (Lipinski definition) is 3. The van der Waals surface area contributed by atoms with Gasteiger partial charge >= 0.3 is 5.97 Å². The van der Waals surface area contributed by atoms with Crippen molar-refractivity contribution in [1.82, 2.24) is 4.98 Å². The van der Waals surface area contributed by atoms with E-state index in [1.54, 1.807) is 5.57 Å². The summed E-state index contributed by atoms with van der Waals surface area (Å²) < 4.78 is 5.95. The zero-order valence-corrected chi connectivity index (χ0v) is 20.2. The molecule has 1 aromatic carbocycles. The van der Waals surface area contributed by atoms with Crippen LogP contribution >= 0.6 is 0 Å². The van der Waals surface area contributed by atoms with Crippen molar-refractivity contribution in [2.75, 3.05) is 0 Å². The SMILES string of the molecule is CC12CCC3C(CC=C4CC(OC(=O)c5ccccc5)CCC43C)C1=CC=C2c1cccnc1. The lowest BCUT2D eigenvalue weighted by molar-refractivity contribution is 0.00246. The molecular weight excluding hydrogens is 418 g/mol. The number of hydrogen-bond donors (Lipinski definition) is 0. The Hall–Kier alpha value is -2.94. The molecule has 34 heavy (non-hydrogen) atoms. The Morgan fingerprint density at radius 2 is 1.88 bits per heavy atom. The van der Waals surface area contributed by atoms with Crippen LogP contribution < -0.4 is 0 Å². The maximum absolute atomic E-state index is 12.6. The van der Waals surface area contributed by atoms with Crippen molar-refractivity contribution in [3.8, 4) is 0 Å². The monoisotopic (exact) mass is 451 g/mol. The molecule has 0 N–H and O–H groups in total. The highest BCUT2D eigenvalue weighted by Gasteiger charge is 2.54. The highest BCUT2D eigenvalue weighted by molar-refractivity contribution is 5.89. The molecule has 0 spiro atoms. The molecule has 2 fully saturated rings. The van der Waals surface area contributed by atoms with E-state index >= 15 is 0 Å². The Bertz CT molecular complexity index is 1190. The Morgan fingerprint density at radius 1 is 1.03 bits per heavy atom. The third kappa shape index (κ3) is 3.32. The molecule has 174 valence electrons. The van der Waals surface area contributed by atoms with Crippen molar-refractivity contribution in [2.45, 2.75) is 58.5 Å². The summed E-state index contributed by atoms with van der Waals surface area (Å²) in [5.74, 6) is 1.07. The first kappa shape index (κ1) is 21.6. The van der Waals surface area contributed by atoms with Gasteiger partial charge in [0, 0.05) is 24.2 Å². The largest absolute Gasteiger partial charge is 0.458 e. The number of esters is 1. The van der Waals surface area contributed by atoms with Gasteiger partial charge in [0.15, 0.2) is 0 Å². The van der Waals surface area contributed by atoms with E-state index in [1.165, 1.54) is 29.6 Å². The summed E-state index contributed by atoms with van der Waals surface area (Å²) in [5.41, 5.74) is 6.81. The highest BCUT2D eigenvalue weighted by atomic mass is 16.5. The maximum Gasteiger partial charge on any atom is 0.338 e. The van der Waals surface area contributed by atoms with Crippen molar-refractivity contribution in [2.24, 2.45) is 22.7 Å². The fourth-order valence-electron chi connectivity index (χ4n) is 7.47. The Kier molecular flexibility index (Phi) is 5.13. The number of carbonyl (C=O) groups excluding carboxylic acids is 1. The van der Waals surface area contributed by atoms with Gasteiger partial charge in [-0.25, -0.2) is 4.79 Å². The van der Waals surface area contributed by atoms with Crippen LogP contribution in [0.25, 0.3) is 5.57 Å². The zero-order chi connectivity index (χ0) is 23.3. The molecule has 6 rings (SSSR count). The number of pyridine rings is 1. The minimum Gasteiger partial charge on any atom is -0.458 e. The lowest BCUT2D eigenvalue weighted by Crippen LogP contribution is -2.47. The molecule has 3 heteroatoms. The van der Waals surface area contributed by atoms with Gasteiger partial charge in [-0.2, -0.15) is 0 Å². The zero-order valence-electron chi connectivity index (χ0n) is 20.2. The van der Waals surface area contributed by atoms with Gasteiger partial charge in [0.1, 0.15) is 6.10 Å². The first-order valence-corrected chi connectivity index (χ1v) is 12.8. The number of ether oxygens (including phenoxy) is 1. The second kappa shape index (κ2) is 8.08. The molecule has 0 aliphatic heterocycles. The number of nitrogens with zero attached hydrogens (tertiary/aromatic N) is 1. The molecule has 2 saturated carbocycles. The molecule has 4 aliphatic rings. The topological polar surface area (TPSA) is 39.2 Å². The number of benzene rings is 1. The Labute approximate surface area is 202 Å². The molecule has 2 aromatic rings. The number of fused-ring (bicyclic) bond motifs is 5. The van der Waals surface area contributed by atoms with E-state index in [0.29, 0.717) is 17.4 Å². The minimum atomic E-state index is -0.193. The van der Waals surface area contributed by atoms with Gasteiger partial charge in [0.05, 0.1) is 5.56 Å². The van der Waals surface area contributed by atoms with Crippen molar-refractivity contribution in [1.29, 1.82) is 0 Å². The van der Waals surface area contributed by atoms with Gasteiger partial charge in [0.2, 0.25) is 0 Å². The number of aromatic nitrogens is 1. The molecule has 4 aliphatic carbocycles. The van der Waals surface area contributed by atoms with Crippen molar-refractivity contribution in [3.63, 3.8) is 0 Å². The number of rotatable bonds is 3. The standard InChI is InChI=1S/C31H33NO2/c1-30-16-14-24(34-29(33)21-7-4-3-5-8-21)19-23(30)10-11-25-27-13-12-26(22-9-6-18-32-20-22)31(27,2)17-15-28(25)30/h3-10,12-13,18,20,24-25,28H,11,14-17,19H2,1-2H3. The van der Waals surface area contributed by atoms with Crippen LogP contribution in [0.1, 0.15) is 68.3 Å². The van der Waals surface area contributed by atoms with E-state index in [1.807, 2.05) is 48.8 Å². The van der Waals surface area contributed by atoms with Gasteiger partial charge in [0.25, 0.3) is 0 Å². The highest BCUT2D eigenvalue weighted by Crippen LogP contribution is 2.64. The van der Waals surface area contributed by atoms with E-state index in [0.717, 1.165) is 25.7 Å². The average Bonchev–Trinajstić information content (AvgIpc) is 3.22. The van der Waals surface area contributed by atoms with Crippen LogP contribution in [0.2, 0.25) is 0 Å². The summed E-state index contributed by atoms with van der Waals surface area (Å²) in [7, 11) is 0. The lowest BCUT2D eigenvalue weighted by Gasteiger charge is -2.56. The second-order valence-electron chi connectivity index (χ2n) is 11.0. The van der Waals surface area contributed by atoms with Crippen molar-refractivity contribution >= 4 is 11.5 Å². The van der Waals surface area contributed by atoms with Crippen molar-refractivity contribution < 1.29 is 9.53 Å². The number of carbonyl (C=O) groups is 1. The van der Waals surface area contributed by atoms with Crippen LogP contribution in [-0.2, 0) is 4.74 Å². The molecule has 0 radical (unpaired) electrons. The predicted molar refractivity (Wildman–Crippen MR) is 135 cm³/mol. The van der Waals surface area contributed by atoms with Crippen LogP contribution in [0.15, 0.2) is 84.2 Å². The predicted octanol–water partition coefficient (Wildman–Crippen LogP) is 7.18. The molecule has 3 nitrogen and oxygen atoms in total. The summed E-state index contributed by atoms with van der Waals surface area (Å²) in [6.45, 7) is 4.93. The summed E-state index contributed by atoms with van der Waals surface area (Å²) >= 11 is 0. The van der Waals surface area contributed by atoms with Gasteiger partial charge < -0.3 is 4.74 Å². The smallest absolute Gasteiger partial charge is 0.338 e. The molecule has 0 amide bonds. The molecule has 0 bridgehead atoms. The van der Waals surface area contributed by atoms with Crippen LogP contribution in [0.5, 0.6) is 0 Å². The van der Waals surface area contributed by atoms with Gasteiger partial charge in [-0.15, -0.1) is 0 Å². The van der Waals surface area contributed by atoms with Gasteiger partial charge in [-0.3, -0.25) is 4.98 Å². The summed E-state index contributed by atoms with van der Waals surface area (Å²) in [4.78, 5) is 17.0. The normalized spacial score (nSPS) is 34.1. The molecule has 5 atom stereocenters. The van der Waals surface area contributed by atoms with E-state index < -0.39 is 0 Å². The van der Waals surface area contributed by atoms with E-state index in [9.17, 15) is 4.79 Å². The quantitative estimate of drug-likeness (QED) is 0.366. The number of allylic oxidation sites excluding steroid dienone is 5. The van der Waals surface area contributed by atoms with Crippen molar-refractivity contribution in [3.05, 3.63) is 95.4 Å². The molecular formula is C31H33NO2. The van der Waals surface area contributed by atoms with Crippen LogP contribution in [0.4, 0.5) is 0 Å². The van der Waals surface area contributed by atoms with E-state index in [-0.39, 0.29) is 22.9 Å². The van der Waals surface area contributed by atoms with Crippen LogP contribution in [-0.4, -0.2) is 17.1 Å². The average molecular weight is 452 g/mol. The van der Waals surface area contributed by atoms with Crippen LogP contribution in [0.3, 0.4) is 0 Å². The second-order valence-corrected chi connectivity index (χ2v) is 11.0. The lowest BCUT2D eigenvalue weighted by atomic mass is 9.49. The minimum absolute atomic E-state index is 0.0121. The Balaban J connectivity index is 1.21. The summed E-state index contributed by atoms with van der Waals surface area (Å²) in [5, 5.41) is 0. The molecule has 0 saturated heterocycles. The first-order valence-electron chi connectivity index (χ1n) is 12.8. The Morgan fingerprint density at radius 3 is 2.68 bits per heavy atom. The van der Waals surface area contributed by atoms with Gasteiger partial charge in [-0.1, -0.05) is 67.5 Å². The first-order chi connectivity index (χ1) is 16.5. The summed E-state index contributed by atoms with van der Waals surface area (Å²) in [6, 6.07) is 13.6. The van der Waals surface area contributed by atoms with E-state index in [4.69, 9.17) is 4.74 Å². The maximum atomic E-state index is 12.6. The van der Waals surface area contributed by atoms with E-state index in [2.05, 4.69) is 43.1 Å². The molecule has 1 aromatic heterocycles. The molecule has 5 unspecified atom stereocenters.